The quantitative estimate of drug-likeness (QED) is 0.802. The van der Waals surface area contributed by atoms with Gasteiger partial charge in [0.15, 0.2) is 5.96 Å². The van der Waals surface area contributed by atoms with Crippen molar-refractivity contribution in [1.82, 2.24) is 4.90 Å². The topological polar surface area (TPSA) is 87.8 Å². The minimum atomic E-state index is -4.57. The van der Waals surface area contributed by atoms with Crippen molar-refractivity contribution in [3.8, 4) is 0 Å². The number of hydrogen-bond acceptors (Lipinski definition) is 4. The second-order valence-electron chi connectivity index (χ2n) is 7.50. The Hall–Kier alpha value is -2.58. The van der Waals surface area contributed by atoms with Gasteiger partial charge in [-0.15, -0.1) is 0 Å². The van der Waals surface area contributed by atoms with Crippen molar-refractivity contribution >= 4 is 23.5 Å². The number of nitrogens with two attached hydrogens (primary N) is 1. The van der Waals surface area contributed by atoms with Gasteiger partial charge in [-0.2, -0.15) is 13.2 Å². The van der Waals surface area contributed by atoms with Gasteiger partial charge >= 0.3 is 6.18 Å². The molecular formula is C19H23F3N4O2. The lowest BCUT2D eigenvalue weighted by Gasteiger charge is -2.36. The van der Waals surface area contributed by atoms with Crippen LogP contribution in [0.5, 0.6) is 0 Å². The third kappa shape index (κ3) is 3.33. The first-order chi connectivity index (χ1) is 13.0. The van der Waals surface area contributed by atoms with Gasteiger partial charge < -0.3 is 11.1 Å². The molecule has 1 aromatic carbocycles. The molecule has 3 rings (SSSR count). The van der Waals surface area contributed by atoms with Crippen LogP contribution >= 0.6 is 0 Å². The van der Waals surface area contributed by atoms with E-state index in [2.05, 4.69) is 10.3 Å². The summed E-state index contributed by atoms with van der Waals surface area (Å²) in [6, 6.07) is 6.48. The van der Waals surface area contributed by atoms with Crippen LogP contribution in [0.15, 0.2) is 29.3 Å². The van der Waals surface area contributed by atoms with Gasteiger partial charge in [0, 0.05) is 12.7 Å². The summed E-state index contributed by atoms with van der Waals surface area (Å²) in [5, 5.41) is 2.39. The van der Waals surface area contributed by atoms with Crippen LogP contribution in [0.1, 0.15) is 44.6 Å². The summed E-state index contributed by atoms with van der Waals surface area (Å²) in [5.41, 5.74) is 3.59. The van der Waals surface area contributed by atoms with Crippen molar-refractivity contribution in [1.29, 1.82) is 0 Å². The Morgan fingerprint density at radius 1 is 1.36 bits per heavy atom. The van der Waals surface area contributed by atoms with Crippen LogP contribution in [-0.4, -0.2) is 35.9 Å². The van der Waals surface area contributed by atoms with Crippen LogP contribution in [0.4, 0.5) is 18.9 Å². The number of nitrogens with zero attached hydrogens (tertiary/aromatic N) is 2. The van der Waals surface area contributed by atoms with E-state index in [1.807, 2.05) is 6.92 Å². The normalized spacial score (nSPS) is 24.0. The van der Waals surface area contributed by atoms with E-state index in [1.165, 1.54) is 11.0 Å². The smallest absolute Gasteiger partial charge is 0.369 e. The van der Waals surface area contributed by atoms with Gasteiger partial charge in [-0.05, 0) is 37.0 Å². The molecule has 1 atom stereocenters. The maximum Gasteiger partial charge on any atom is 0.403 e. The van der Waals surface area contributed by atoms with E-state index < -0.39 is 23.0 Å². The molecule has 1 aromatic rings. The second kappa shape index (κ2) is 6.79. The van der Waals surface area contributed by atoms with Crippen LogP contribution in [-0.2, 0) is 15.1 Å². The molecule has 0 saturated heterocycles. The molecule has 6 nitrogen and oxygen atoms in total. The fourth-order valence-electron chi connectivity index (χ4n) is 3.60. The molecule has 1 saturated carbocycles. The first-order valence-electron chi connectivity index (χ1n) is 9.15. The minimum absolute atomic E-state index is 0.0909. The van der Waals surface area contributed by atoms with Crippen molar-refractivity contribution in [2.75, 3.05) is 12.4 Å². The van der Waals surface area contributed by atoms with E-state index >= 15 is 0 Å². The molecule has 0 aromatic heterocycles. The van der Waals surface area contributed by atoms with Gasteiger partial charge in [0.05, 0.1) is 12.0 Å². The van der Waals surface area contributed by atoms with Gasteiger partial charge in [-0.25, -0.2) is 4.99 Å². The Morgan fingerprint density at radius 2 is 2.04 bits per heavy atom. The maximum atomic E-state index is 13.2. The number of nitrogens with one attached hydrogen (secondary N) is 1. The Morgan fingerprint density at radius 3 is 2.57 bits per heavy atom. The number of alkyl halides is 3. The van der Waals surface area contributed by atoms with Crippen molar-refractivity contribution in [2.45, 2.75) is 50.7 Å². The van der Waals surface area contributed by atoms with E-state index in [-0.39, 0.29) is 36.8 Å². The number of benzene rings is 1. The number of carbonyl (C=O) groups is 2. The summed E-state index contributed by atoms with van der Waals surface area (Å²) >= 11 is 0. The number of hydrogen-bond donors (Lipinski definition) is 2. The molecule has 9 heteroatoms. The van der Waals surface area contributed by atoms with E-state index in [9.17, 15) is 22.8 Å². The molecule has 2 amide bonds. The highest BCUT2D eigenvalue weighted by Crippen LogP contribution is 2.58. The summed E-state index contributed by atoms with van der Waals surface area (Å²) in [6.45, 7) is 1.95. The fourth-order valence-corrected chi connectivity index (χ4v) is 3.60. The summed E-state index contributed by atoms with van der Waals surface area (Å²) < 4.78 is 39.5. The Labute approximate surface area is 161 Å². The lowest BCUT2D eigenvalue weighted by molar-refractivity contribution is -0.189. The number of halogens is 3. The number of amides is 2. The van der Waals surface area contributed by atoms with E-state index in [1.54, 1.807) is 25.2 Å². The molecule has 1 fully saturated rings. The molecule has 0 spiro atoms. The van der Waals surface area contributed by atoms with Gasteiger partial charge in [0.25, 0.3) is 0 Å². The minimum Gasteiger partial charge on any atom is -0.369 e. The number of anilines is 1. The average Bonchev–Trinajstić information content (AvgIpc) is 3.42. The molecule has 3 N–H and O–H groups in total. The SMILES string of the molecule is CCCC1(c2cccc(NC(=O)C3(C(F)(F)F)CC3)c2)CC(=O)N(C)C(N)=N1. The summed E-state index contributed by atoms with van der Waals surface area (Å²) in [4.78, 5) is 30.4. The molecule has 0 bridgehead atoms. The molecule has 28 heavy (non-hydrogen) atoms. The van der Waals surface area contributed by atoms with Crippen molar-refractivity contribution in [3.63, 3.8) is 0 Å². The second-order valence-corrected chi connectivity index (χ2v) is 7.50. The van der Waals surface area contributed by atoms with E-state index in [0.717, 1.165) is 6.42 Å². The zero-order valence-electron chi connectivity index (χ0n) is 15.8. The predicted molar refractivity (Wildman–Crippen MR) is 98.4 cm³/mol. The average molecular weight is 396 g/mol. The van der Waals surface area contributed by atoms with Crippen molar-refractivity contribution in [2.24, 2.45) is 16.1 Å². The fraction of sp³-hybridized carbons (Fsp3) is 0.526. The highest BCUT2D eigenvalue weighted by Gasteiger charge is 2.68. The molecule has 1 unspecified atom stereocenters. The summed E-state index contributed by atoms with van der Waals surface area (Å²) in [7, 11) is 1.54. The maximum absolute atomic E-state index is 13.2. The zero-order chi connectivity index (χ0) is 20.7. The largest absolute Gasteiger partial charge is 0.403 e. The van der Waals surface area contributed by atoms with Crippen LogP contribution in [0, 0.1) is 5.41 Å². The number of guanidine groups is 1. The predicted octanol–water partition coefficient (Wildman–Crippen LogP) is 3.14. The first kappa shape index (κ1) is 20.2. The number of aliphatic imine (C=N–C) groups is 1. The van der Waals surface area contributed by atoms with E-state index in [0.29, 0.717) is 12.0 Å². The molecule has 1 heterocycles. The number of rotatable bonds is 5. The van der Waals surface area contributed by atoms with Gasteiger partial charge in [0.2, 0.25) is 11.8 Å². The van der Waals surface area contributed by atoms with E-state index in [4.69, 9.17) is 5.73 Å². The van der Waals surface area contributed by atoms with Crippen LogP contribution in [0.3, 0.4) is 0 Å². The van der Waals surface area contributed by atoms with Gasteiger partial charge in [-0.3, -0.25) is 14.5 Å². The van der Waals surface area contributed by atoms with Crippen LogP contribution in [0.2, 0.25) is 0 Å². The highest BCUT2D eigenvalue weighted by atomic mass is 19.4. The lowest BCUT2D eigenvalue weighted by atomic mass is 9.81. The lowest BCUT2D eigenvalue weighted by Crippen LogP contribution is -2.48. The molecule has 1 aliphatic carbocycles. The molecular weight excluding hydrogens is 373 g/mol. The number of carbonyl (C=O) groups excluding carboxylic acids is 2. The van der Waals surface area contributed by atoms with Gasteiger partial charge in [-0.1, -0.05) is 25.5 Å². The first-order valence-corrected chi connectivity index (χ1v) is 9.15. The Bertz CT molecular complexity index is 833. The molecule has 0 radical (unpaired) electrons. The summed E-state index contributed by atoms with van der Waals surface area (Å²) in [5.74, 6) is -1.15. The molecule has 152 valence electrons. The third-order valence-corrected chi connectivity index (χ3v) is 5.54. The van der Waals surface area contributed by atoms with Crippen LogP contribution in [0.25, 0.3) is 0 Å². The molecule has 2 aliphatic rings. The van der Waals surface area contributed by atoms with Crippen molar-refractivity contribution < 1.29 is 22.8 Å². The van der Waals surface area contributed by atoms with Gasteiger partial charge in [0.1, 0.15) is 5.41 Å². The third-order valence-electron chi connectivity index (χ3n) is 5.54. The zero-order valence-corrected chi connectivity index (χ0v) is 15.8. The van der Waals surface area contributed by atoms with Crippen LogP contribution < -0.4 is 11.1 Å². The Kier molecular flexibility index (Phi) is 4.89. The monoisotopic (exact) mass is 396 g/mol. The van der Waals surface area contributed by atoms with Crippen molar-refractivity contribution in [3.05, 3.63) is 29.8 Å². The summed E-state index contributed by atoms with van der Waals surface area (Å²) in [6.07, 6.45) is -3.62. The highest BCUT2D eigenvalue weighted by molar-refractivity contribution is 5.99. The standard InChI is InChI=1S/C19H23F3N4O2/c1-3-7-18(11-14(27)26(2)16(23)25-18)12-5-4-6-13(10-12)24-15(28)17(8-9-17)19(20,21)22/h4-6,10H,3,7-9,11H2,1-2H3,(H2,23,25)(H,24,28). The Balaban J connectivity index is 1.92. The molecule has 1 aliphatic heterocycles.